The molecule has 0 bridgehead atoms. The van der Waals surface area contributed by atoms with Crippen LogP contribution in [0.1, 0.15) is 6.42 Å². The van der Waals surface area contributed by atoms with Crippen LogP contribution in [0.4, 0.5) is 0 Å². The number of hydrogen-bond donors (Lipinski definition) is 1. The lowest BCUT2D eigenvalue weighted by molar-refractivity contribution is 0.309. The van der Waals surface area contributed by atoms with Crippen molar-refractivity contribution < 1.29 is 4.74 Å². The van der Waals surface area contributed by atoms with Crippen molar-refractivity contribution in [2.45, 2.75) is 6.42 Å². The van der Waals surface area contributed by atoms with Crippen LogP contribution < -0.4 is 10.5 Å². The van der Waals surface area contributed by atoms with Gasteiger partial charge in [-0.1, -0.05) is 6.07 Å². The van der Waals surface area contributed by atoms with Crippen molar-refractivity contribution in [3.8, 4) is 5.75 Å². The molecule has 0 radical (unpaired) electrons. The Morgan fingerprint density at radius 2 is 1.85 bits per heavy atom. The SMILES string of the molecule is NCCCOc1c(Br)cccc1Br. The minimum Gasteiger partial charge on any atom is -0.491 e. The third-order valence-corrected chi connectivity index (χ3v) is 2.76. The van der Waals surface area contributed by atoms with Crippen molar-refractivity contribution in [3.05, 3.63) is 27.1 Å². The van der Waals surface area contributed by atoms with Crippen LogP contribution in [0.5, 0.6) is 5.75 Å². The molecular formula is C9H11Br2NO. The van der Waals surface area contributed by atoms with E-state index in [1.807, 2.05) is 18.2 Å². The van der Waals surface area contributed by atoms with Gasteiger partial charge in [0.2, 0.25) is 0 Å². The Hall–Kier alpha value is -0.0600. The normalized spacial score (nSPS) is 10.1. The van der Waals surface area contributed by atoms with E-state index in [9.17, 15) is 0 Å². The Kier molecular flexibility index (Phi) is 4.77. The number of para-hydroxylation sites is 1. The Morgan fingerprint density at radius 3 is 2.38 bits per heavy atom. The second-order valence-electron chi connectivity index (χ2n) is 2.54. The summed E-state index contributed by atoms with van der Waals surface area (Å²) >= 11 is 6.83. The van der Waals surface area contributed by atoms with Crippen LogP contribution in [0, 0.1) is 0 Å². The highest BCUT2D eigenvalue weighted by Crippen LogP contribution is 2.32. The number of benzene rings is 1. The zero-order valence-electron chi connectivity index (χ0n) is 7.09. The summed E-state index contributed by atoms with van der Waals surface area (Å²) < 4.78 is 7.45. The van der Waals surface area contributed by atoms with Gasteiger partial charge in [0, 0.05) is 0 Å². The van der Waals surface area contributed by atoms with E-state index in [1.54, 1.807) is 0 Å². The van der Waals surface area contributed by atoms with Crippen molar-refractivity contribution in [2.24, 2.45) is 5.73 Å². The highest BCUT2D eigenvalue weighted by molar-refractivity contribution is 9.11. The van der Waals surface area contributed by atoms with Crippen LogP contribution in [0.25, 0.3) is 0 Å². The minimum absolute atomic E-state index is 0.651. The van der Waals surface area contributed by atoms with Gasteiger partial charge >= 0.3 is 0 Å². The molecule has 0 spiro atoms. The smallest absolute Gasteiger partial charge is 0.147 e. The number of nitrogens with two attached hydrogens (primary N) is 1. The molecule has 0 amide bonds. The molecule has 0 aliphatic carbocycles. The van der Waals surface area contributed by atoms with Gasteiger partial charge in [-0.05, 0) is 57.0 Å². The summed E-state index contributed by atoms with van der Waals surface area (Å²) in [5.74, 6) is 0.843. The third-order valence-electron chi connectivity index (χ3n) is 1.51. The molecule has 0 atom stereocenters. The summed E-state index contributed by atoms with van der Waals surface area (Å²) in [6, 6.07) is 5.84. The maximum absolute atomic E-state index is 5.53. The van der Waals surface area contributed by atoms with Crippen LogP contribution >= 0.6 is 31.9 Å². The minimum atomic E-state index is 0.651. The Labute approximate surface area is 94.7 Å². The predicted octanol–water partition coefficient (Wildman–Crippen LogP) is 2.94. The molecule has 0 aromatic heterocycles. The summed E-state index contributed by atoms with van der Waals surface area (Å²) in [4.78, 5) is 0. The first-order valence-electron chi connectivity index (χ1n) is 4.02. The molecule has 1 aromatic carbocycles. The summed E-state index contributed by atoms with van der Waals surface area (Å²) in [6.45, 7) is 1.31. The van der Waals surface area contributed by atoms with Crippen molar-refractivity contribution in [3.63, 3.8) is 0 Å². The topological polar surface area (TPSA) is 35.2 Å². The van der Waals surface area contributed by atoms with E-state index in [0.29, 0.717) is 13.2 Å². The lowest BCUT2D eigenvalue weighted by Gasteiger charge is -2.08. The first-order valence-corrected chi connectivity index (χ1v) is 5.61. The molecule has 2 nitrogen and oxygen atoms in total. The largest absolute Gasteiger partial charge is 0.491 e. The van der Waals surface area contributed by atoms with Gasteiger partial charge in [0.05, 0.1) is 15.6 Å². The molecular weight excluding hydrogens is 298 g/mol. The Balaban J connectivity index is 2.64. The van der Waals surface area contributed by atoms with Crippen molar-refractivity contribution in [1.82, 2.24) is 0 Å². The molecule has 0 fully saturated rings. The maximum atomic E-state index is 5.53. The number of ether oxygens (including phenoxy) is 1. The predicted molar refractivity (Wildman–Crippen MR) is 61.0 cm³/mol. The zero-order chi connectivity index (χ0) is 9.68. The van der Waals surface area contributed by atoms with Gasteiger partial charge < -0.3 is 10.5 Å². The van der Waals surface area contributed by atoms with Gasteiger partial charge in [-0.2, -0.15) is 0 Å². The molecule has 1 aromatic rings. The molecule has 2 N–H and O–H groups in total. The molecule has 72 valence electrons. The van der Waals surface area contributed by atoms with E-state index in [2.05, 4.69) is 31.9 Å². The van der Waals surface area contributed by atoms with E-state index < -0.39 is 0 Å². The van der Waals surface area contributed by atoms with Gasteiger partial charge in [-0.25, -0.2) is 0 Å². The Bertz CT molecular complexity index is 258. The molecule has 0 heterocycles. The van der Waals surface area contributed by atoms with Crippen LogP contribution in [0.15, 0.2) is 27.1 Å². The quantitative estimate of drug-likeness (QED) is 0.868. The van der Waals surface area contributed by atoms with Gasteiger partial charge in [0.1, 0.15) is 5.75 Å². The van der Waals surface area contributed by atoms with E-state index in [0.717, 1.165) is 21.1 Å². The molecule has 4 heteroatoms. The van der Waals surface area contributed by atoms with Crippen molar-refractivity contribution in [1.29, 1.82) is 0 Å². The van der Waals surface area contributed by atoms with Crippen LogP contribution in [0.2, 0.25) is 0 Å². The average molecular weight is 309 g/mol. The third kappa shape index (κ3) is 3.29. The standard InChI is InChI=1S/C9H11Br2NO/c10-7-3-1-4-8(11)9(7)13-6-2-5-12/h1,3-4H,2,5-6,12H2. The molecule has 13 heavy (non-hydrogen) atoms. The molecule has 0 aliphatic rings. The summed E-state index contributed by atoms with van der Waals surface area (Å²) in [5.41, 5.74) is 5.37. The van der Waals surface area contributed by atoms with Crippen molar-refractivity contribution in [2.75, 3.05) is 13.2 Å². The van der Waals surface area contributed by atoms with Gasteiger partial charge in [0.15, 0.2) is 0 Å². The molecule has 0 saturated carbocycles. The highest BCUT2D eigenvalue weighted by Gasteiger charge is 2.04. The molecule has 0 saturated heterocycles. The summed E-state index contributed by atoms with van der Waals surface area (Å²) in [7, 11) is 0. The highest BCUT2D eigenvalue weighted by atomic mass is 79.9. The summed E-state index contributed by atoms with van der Waals surface area (Å²) in [6.07, 6.45) is 0.869. The number of rotatable bonds is 4. The molecule has 0 aliphatic heterocycles. The first-order chi connectivity index (χ1) is 6.25. The van der Waals surface area contributed by atoms with Gasteiger partial charge in [-0.15, -0.1) is 0 Å². The van der Waals surface area contributed by atoms with E-state index in [4.69, 9.17) is 10.5 Å². The monoisotopic (exact) mass is 307 g/mol. The maximum Gasteiger partial charge on any atom is 0.147 e. The van der Waals surface area contributed by atoms with Gasteiger partial charge in [-0.3, -0.25) is 0 Å². The number of hydrogen-bond acceptors (Lipinski definition) is 2. The molecule has 1 rings (SSSR count). The summed E-state index contributed by atoms with van der Waals surface area (Å²) in [5, 5.41) is 0. The fraction of sp³-hybridized carbons (Fsp3) is 0.333. The van der Waals surface area contributed by atoms with E-state index in [-0.39, 0.29) is 0 Å². The first kappa shape index (κ1) is 11.0. The fourth-order valence-electron chi connectivity index (χ4n) is 0.878. The van der Waals surface area contributed by atoms with Crippen LogP contribution in [-0.2, 0) is 0 Å². The van der Waals surface area contributed by atoms with Crippen LogP contribution in [0.3, 0.4) is 0 Å². The zero-order valence-corrected chi connectivity index (χ0v) is 10.3. The average Bonchev–Trinajstić information content (AvgIpc) is 2.10. The van der Waals surface area contributed by atoms with E-state index in [1.165, 1.54) is 0 Å². The van der Waals surface area contributed by atoms with Crippen molar-refractivity contribution >= 4 is 31.9 Å². The number of halogens is 2. The Morgan fingerprint density at radius 1 is 1.23 bits per heavy atom. The van der Waals surface area contributed by atoms with Crippen LogP contribution in [-0.4, -0.2) is 13.2 Å². The van der Waals surface area contributed by atoms with Gasteiger partial charge in [0.25, 0.3) is 0 Å². The lowest BCUT2D eigenvalue weighted by Crippen LogP contribution is -2.06. The van der Waals surface area contributed by atoms with E-state index >= 15 is 0 Å². The lowest BCUT2D eigenvalue weighted by atomic mass is 10.3. The molecule has 0 unspecified atom stereocenters. The second-order valence-corrected chi connectivity index (χ2v) is 4.25. The second kappa shape index (κ2) is 5.62. The fourth-order valence-corrected chi connectivity index (χ4v) is 2.11.